The first-order chi connectivity index (χ1) is 9.66. The second-order valence-corrected chi connectivity index (χ2v) is 5.72. The van der Waals surface area contributed by atoms with Crippen LogP contribution in [0.5, 0.6) is 0 Å². The number of rotatable bonds is 2. The SMILES string of the molecule is OC(c1cc(F)ccc1Cl)C1CCCc2ccccc21. The summed E-state index contributed by atoms with van der Waals surface area (Å²) in [5, 5.41) is 11.1. The zero-order valence-electron chi connectivity index (χ0n) is 11.0. The van der Waals surface area contributed by atoms with Gasteiger partial charge in [0.15, 0.2) is 0 Å². The van der Waals surface area contributed by atoms with Crippen molar-refractivity contribution in [3.63, 3.8) is 0 Å². The van der Waals surface area contributed by atoms with E-state index in [4.69, 9.17) is 11.6 Å². The van der Waals surface area contributed by atoms with E-state index in [1.165, 1.54) is 23.8 Å². The Labute approximate surface area is 123 Å². The minimum atomic E-state index is -0.764. The molecule has 0 radical (unpaired) electrons. The fraction of sp³-hybridized carbons (Fsp3) is 0.294. The van der Waals surface area contributed by atoms with E-state index < -0.39 is 6.10 Å². The molecule has 2 unspecified atom stereocenters. The van der Waals surface area contributed by atoms with Crippen LogP contribution < -0.4 is 0 Å². The predicted molar refractivity (Wildman–Crippen MR) is 78.5 cm³/mol. The molecule has 104 valence electrons. The van der Waals surface area contributed by atoms with Crippen molar-refractivity contribution in [2.75, 3.05) is 0 Å². The Hall–Kier alpha value is -1.38. The van der Waals surface area contributed by atoms with Crippen molar-refractivity contribution >= 4 is 11.6 Å². The van der Waals surface area contributed by atoms with Gasteiger partial charge in [-0.05, 0) is 48.6 Å². The maximum atomic E-state index is 13.4. The highest BCUT2D eigenvalue weighted by Gasteiger charge is 2.28. The Bertz CT molecular complexity index is 626. The van der Waals surface area contributed by atoms with Crippen molar-refractivity contribution in [1.82, 2.24) is 0 Å². The Morgan fingerprint density at radius 2 is 2.00 bits per heavy atom. The highest BCUT2D eigenvalue weighted by molar-refractivity contribution is 6.31. The number of halogens is 2. The number of fused-ring (bicyclic) bond motifs is 1. The van der Waals surface area contributed by atoms with Crippen LogP contribution in [0.4, 0.5) is 4.39 Å². The first-order valence-corrected chi connectivity index (χ1v) is 7.25. The average Bonchev–Trinajstić information content (AvgIpc) is 2.48. The lowest BCUT2D eigenvalue weighted by atomic mass is 9.78. The lowest BCUT2D eigenvalue weighted by Crippen LogP contribution is -2.17. The third-order valence-corrected chi connectivity index (χ3v) is 4.42. The van der Waals surface area contributed by atoms with Crippen LogP contribution in [0.3, 0.4) is 0 Å². The molecule has 3 rings (SSSR count). The van der Waals surface area contributed by atoms with Gasteiger partial charge in [-0.15, -0.1) is 0 Å². The van der Waals surface area contributed by atoms with Gasteiger partial charge < -0.3 is 5.11 Å². The van der Waals surface area contributed by atoms with Gasteiger partial charge in [0.1, 0.15) is 5.82 Å². The first kappa shape index (κ1) is 13.6. The summed E-state index contributed by atoms with van der Waals surface area (Å²) in [6.45, 7) is 0. The molecule has 2 aromatic carbocycles. The van der Waals surface area contributed by atoms with Crippen molar-refractivity contribution in [2.45, 2.75) is 31.3 Å². The highest BCUT2D eigenvalue weighted by atomic mass is 35.5. The van der Waals surface area contributed by atoms with E-state index in [9.17, 15) is 9.50 Å². The average molecular weight is 291 g/mol. The molecule has 0 fully saturated rings. The zero-order chi connectivity index (χ0) is 14.1. The number of hydrogen-bond acceptors (Lipinski definition) is 1. The Balaban J connectivity index is 1.99. The molecule has 2 atom stereocenters. The normalized spacial score (nSPS) is 19.4. The van der Waals surface area contributed by atoms with Gasteiger partial charge in [-0.3, -0.25) is 0 Å². The minimum Gasteiger partial charge on any atom is -0.388 e. The second-order valence-electron chi connectivity index (χ2n) is 5.31. The molecule has 0 spiro atoms. The lowest BCUT2D eigenvalue weighted by molar-refractivity contribution is 0.135. The summed E-state index contributed by atoms with van der Waals surface area (Å²) in [6, 6.07) is 12.3. The quantitative estimate of drug-likeness (QED) is 0.855. The molecule has 20 heavy (non-hydrogen) atoms. The van der Waals surface area contributed by atoms with Crippen LogP contribution in [0.15, 0.2) is 42.5 Å². The van der Waals surface area contributed by atoms with Crippen LogP contribution in [0.1, 0.15) is 41.6 Å². The molecule has 0 saturated carbocycles. The van der Waals surface area contributed by atoms with Crippen LogP contribution >= 0.6 is 11.6 Å². The van der Waals surface area contributed by atoms with E-state index in [0.29, 0.717) is 10.6 Å². The van der Waals surface area contributed by atoms with E-state index in [-0.39, 0.29) is 11.7 Å². The van der Waals surface area contributed by atoms with Crippen molar-refractivity contribution in [1.29, 1.82) is 0 Å². The summed E-state index contributed by atoms with van der Waals surface area (Å²) < 4.78 is 13.4. The smallest absolute Gasteiger partial charge is 0.123 e. The molecule has 0 aliphatic heterocycles. The fourth-order valence-corrected chi connectivity index (χ4v) is 3.31. The largest absolute Gasteiger partial charge is 0.388 e. The van der Waals surface area contributed by atoms with Crippen LogP contribution in [0.25, 0.3) is 0 Å². The molecule has 1 nitrogen and oxygen atoms in total. The minimum absolute atomic E-state index is 0.0146. The lowest BCUT2D eigenvalue weighted by Gasteiger charge is -2.30. The monoisotopic (exact) mass is 290 g/mol. The molecule has 1 N–H and O–H groups in total. The summed E-state index contributed by atoms with van der Waals surface area (Å²) in [5.74, 6) is -0.383. The van der Waals surface area contributed by atoms with Crippen molar-refractivity contribution < 1.29 is 9.50 Å². The van der Waals surface area contributed by atoms with E-state index in [0.717, 1.165) is 24.8 Å². The third kappa shape index (κ3) is 2.46. The summed E-state index contributed by atoms with van der Waals surface area (Å²) in [6.07, 6.45) is 2.20. The van der Waals surface area contributed by atoms with Gasteiger partial charge in [0, 0.05) is 16.5 Å². The maximum absolute atomic E-state index is 13.4. The van der Waals surface area contributed by atoms with Gasteiger partial charge in [0.05, 0.1) is 6.10 Å². The predicted octanol–water partition coefficient (Wildman–Crippen LogP) is 4.63. The Kier molecular flexibility index (Phi) is 3.77. The number of aliphatic hydroxyl groups is 1. The van der Waals surface area contributed by atoms with Crippen LogP contribution in [-0.2, 0) is 6.42 Å². The molecule has 1 aliphatic rings. The van der Waals surface area contributed by atoms with Gasteiger partial charge in [0.2, 0.25) is 0 Å². The summed E-state index contributed by atoms with van der Waals surface area (Å²) in [4.78, 5) is 0. The van der Waals surface area contributed by atoms with Crippen molar-refractivity contribution in [2.24, 2.45) is 0 Å². The molecular weight excluding hydrogens is 275 g/mol. The summed E-state index contributed by atoms with van der Waals surface area (Å²) >= 11 is 6.11. The second kappa shape index (κ2) is 5.55. The number of aryl methyl sites for hydroxylation is 1. The number of benzene rings is 2. The van der Waals surface area contributed by atoms with E-state index >= 15 is 0 Å². The molecule has 0 bridgehead atoms. The third-order valence-electron chi connectivity index (χ3n) is 4.07. The fourth-order valence-electron chi connectivity index (χ4n) is 3.08. The first-order valence-electron chi connectivity index (χ1n) is 6.87. The van der Waals surface area contributed by atoms with Crippen LogP contribution in [0, 0.1) is 5.82 Å². The molecule has 0 saturated heterocycles. The van der Waals surface area contributed by atoms with Crippen molar-refractivity contribution in [3.05, 3.63) is 70.0 Å². The highest BCUT2D eigenvalue weighted by Crippen LogP contribution is 2.42. The Morgan fingerprint density at radius 1 is 1.20 bits per heavy atom. The van der Waals surface area contributed by atoms with E-state index in [1.807, 2.05) is 12.1 Å². The van der Waals surface area contributed by atoms with E-state index in [1.54, 1.807) is 0 Å². The Morgan fingerprint density at radius 3 is 2.85 bits per heavy atom. The molecule has 1 aliphatic carbocycles. The van der Waals surface area contributed by atoms with Gasteiger partial charge >= 0.3 is 0 Å². The molecule has 2 aromatic rings. The standard InChI is InChI=1S/C17H16ClFO/c18-16-9-8-12(19)10-15(16)17(20)14-7-3-5-11-4-1-2-6-13(11)14/h1-2,4,6,8-10,14,17,20H,3,5,7H2. The molecular formula is C17H16ClFO. The number of hydrogen-bond donors (Lipinski definition) is 1. The topological polar surface area (TPSA) is 20.2 Å². The summed E-state index contributed by atoms with van der Waals surface area (Å²) in [5.41, 5.74) is 2.91. The zero-order valence-corrected chi connectivity index (χ0v) is 11.8. The molecule has 0 heterocycles. The van der Waals surface area contributed by atoms with Gasteiger partial charge in [0.25, 0.3) is 0 Å². The summed E-state index contributed by atoms with van der Waals surface area (Å²) in [7, 11) is 0. The maximum Gasteiger partial charge on any atom is 0.123 e. The van der Waals surface area contributed by atoms with Crippen LogP contribution in [-0.4, -0.2) is 5.11 Å². The van der Waals surface area contributed by atoms with Gasteiger partial charge in [-0.1, -0.05) is 35.9 Å². The van der Waals surface area contributed by atoms with E-state index in [2.05, 4.69) is 12.1 Å². The van der Waals surface area contributed by atoms with Gasteiger partial charge in [-0.2, -0.15) is 0 Å². The molecule has 3 heteroatoms. The van der Waals surface area contributed by atoms with Gasteiger partial charge in [-0.25, -0.2) is 4.39 Å². The van der Waals surface area contributed by atoms with Crippen molar-refractivity contribution in [3.8, 4) is 0 Å². The van der Waals surface area contributed by atoms with Crippen LogP contribution in [0.2, 0.25) is 5.02 Å². The molecule has 0 amide bonds. The molecule has 0 aromatic heterocycles. The number of aliphatic hydroxyl groups excluding tert-OH is 1.